The van der Waals surface area contributed by atoms with Crippen LogP contribution in [0.3, 0.4) is 0 Å². The fourth-order valence-corrected chi connectivity index (χ4v) is 3.25. The quantitative estimate of drug-likeness (QED) is 0.901. The Bertz CT molecular complexity index is 758. The second kappa shape index (κ2) is 7.36. The van der Waals surface area contributed by atoms with E-state index in [2.05, 4.69) is 25.8 Å². The van der Waals surface area contributed by atoms with Crippen molar-refractivity contribution in [3.63, 3.8) is 0 Å². The first kappa shape index (κ1) is 18.2. The van der Waals surface area contributed by atoms with Gasteiger partial charge in [0, 0.05) is 37.9 Å². The van der Waals surface area contributed by atoms with Crippen molar-refractivity contribution < 1.29 is 9.59 Å². The lowest BCUT2D eigenvalue weighted by atomic mass is 9.86. The van der Waals surface area contributed by atoms with Crippen molar-refractivity contribution in [2.45, 2.75) is 32.6 Å². The Morgan fingerprint density at radius 3 is 2.04 bits per heavy atom. The molecule has 1 N–H and O–H groups in total. The Balaban J connectivity index is 1.65. The Morgan fingerprint density at radius 2 is 1.50 bits per heavy atom. The van der Waals surface area contributed by atoms with Crippen molar-refractivity contribution in [3.8, 4) is 0 Å². The minimum absolute atomic E-state index is 0.00108. The maximum atomic E-state index is 12.8. The van der Waals surface area contributed by atoms with Gasteiger partial charge in [0.2, 0.25) is 0 Å². The molecule has 1 saturated heterocycles. The molecule has 2 heterocycles. The summed E-state index contributed by atoms with van der Waals surface area (Å²) in [5, 5.41) is 0. The van der Waals surface area contributed by atoms with Crippen molar-refractivity contribution in [2.75, 3.05) is 26.2 Å². The highest BCUT2D eigenvalue weighted by Crippen LogP contribution is 2.22. The molecular formula is C21H27N3O2. The van der Waals surface area contributed by atoms with Crippen LogP contribution in [0, 0.1) is 0 Å². The van der Waals surface area contributed by atoms with Crippen LogP contribution in [-0.4, -0.2) is 52.8 Å². The summed E-state index contributed by atoms with van der Waals surface area (Å²) in [5.41, 5.74) is 2.60. The van der Waals surface area contributed by atoms with Gasteiger partial charge in [0.1, 0.15) is 5.69 Å². The number of nitrogens with zero attached hydrogens (tertiary/aromatic N) is 2. The molecule has 5 heteroatoms. The molecule has 0 unspecified atom stereocenters. The molecule has 26 heavy (non-hydrogen) atoms. The monoisotopic (exact) mass is 353 g/mol. The van der Waals surface area contributed by atoms with Crippen LogP contribution in [0.15, 0.2) is 42.6 Å². The van der Waals surface area contributed by atoms with Crippen LogP contribution < -0.4 is 0 Å². The van der Waals surface area contributed by atoms with Gasteiger partial charge in [-0.05, 0) is 41.7 Å². The Morgan fingerprint density at radius 1 is 0.885 bits per heavy atom. The molecule has 1 aliphatic heterocycles. The van der Waals surface area contributed by atoms with Gasteiger partial charge >= 0.3 is 0 Å². The van der Waals surface area contributed by atoms with Crippen LogP contribution >= 0.6 is 0 Å². The standard InChI is InChI=1S/C21H27N3O2/c1-21(2,3)17-9-7-16(8-10-17)19(25)23-12-5-13-24(15-14-23)20(26)18-6-4-11-22-18/h4,6-11,22H,5,12-15H2,1-3H3. The molecule has 1 aliphatic rings. The molecule has 2 aromatic rings. The highest BCUT2D eigenvalue weighted by molar-refractivity contribution is 5.95. The number of carbonyl (C=O) groups is 2. The number of aromatic nitrogens is 1. The lowest BCUT2D eigenvalue weighted by Gasteiger charge is -2.23. The van der Waals surface area contributed by atoms with Crippen molar-refractivity contribution in [1.82, 2.24) is 14.8 Å². The van der Waals surface area contributed by atoms with E-state index in [4.69, 9.17) is 0 Å². The molecule has 1 aromatic carbocycles. The average molecular weight is 353 g/mol. The van der Waals surface area contributed by atoms with E-state index in [0.717, 1.165) is 6.42 Å². The number of aromatic amines is 1. The average Bonchev–Trinajstić information content (AvgIpc) is 3.04. The molecule has 138 valence electrons. The summed E-state index contributed by atoms with van der Waals surface area (Å²) in [4.78, 5) is 32.0. The summed E-state index contributed by atoms with van der Waals surface area (Å²) in [6.45, 7) is 8.95. The highest BCUT2D eigenvalue weighted by Gasteiger charge is 2.24. The Kier molecular flexibility index (Phi) is 5.16. The fourth-order valence-electron chi connectivity index (χ4n) is 3.25. The number of benzene rings is 1. The van der Waals surface area contributed by atoms with E-state index in [9.17, 15) is 9.59 Å². The molecule has 0 atom stereocenters. The first-order valence-electron chi connectivity index (χ1n) is 9.19. The lowest BCUT2D eigenvalue weighted by molar-refractivity contribution is 0.0716. The van der Waals surface area contributed by atoms with E-state index in [1.54, 1.807) is 12.3 Å². The third-order valence-corrected chi connectivity index (χ3v) is 4.90. The Labute approximate surface area is 155 Å². The minimum atomic E-state index is -0.00108. The van der Waals surface area contributed by atoms with Crippen molar-refractivity contribution in [2.24, 2.45) is 0 Å². The van der Waals surface area contributed by atoms with Gasteiger partial charge in [-0.25, -0.2) is 0 Å². The molecule has 0 bridgehead atoms. The smallest absolute Gasteiger partial charge is 0.270 e. The summed E-state index contributed by atoms with van der Waals surface area (Å²) in [7, 11) is 0. The third-order valence-electron chi connectivity index (χ3n) is 4.90. The van der Waals surface area contributed by atoms with Crippen molar-refractivity contribution in [3.05, 3.63) is 59.4 Å². The van der Waals surface area contributed by atoms with Gasteiger partial charge in [-0.2, -0.15) is 0 Å². The maximum Gasteiger partial charge on any atom is 0.270 e. The van der Waals surface area contributed by atoms with Gasteiger partial charge in [-0.3, -0.25) is 9.59 Å². The summed E-state index contributed by atoms with van der Waals surface area (Å²) in [5.74, 6) is 0.0402. The topological polar surface area (TPSA) is 56.4 Å². The van der Waals surface area contributed by atoms with Crippen LogP contribution in [-0.2, 0) is 5.41 Å². The minimum Gasteiger partial charge on any atom is -0.357 e. The zero-order valence-electron chi connectivity index (χ0n) is 15.8. The lowest BCUT2D eigenvalue weighted by Crippen LogP contribution is -2.37. The molecule has 1 aromatic heterocycles. The molecule has 0 saturated carbocycles. The van der Waals surface area contributed by atoms with E-state index >= 15 is 0 Å². The second-order valence-electron chi connectivity index (χ2n) is 7.85. The van der Waals surface area contributed by atoms with E-state index in [0.29, 0.717) is 37.4 Å². The molecular weight excluding hydrogens is 326 g/mol. The van der Waals surface area contributed by atoms with Crippen LogP contribution in [0.2, 0.25) is 0 Å². The first-order chi connectivity index (χ1) is 12.4. The zero-order valence-corrected chi connectivity index (χ0v) is 15.8. The molecule has 5 nitrogen and oxygen atoms in total. The number of H-pyrrole nitrogens is 1. The second-order valence-corrected chi connectivity index (χ2v) is 7.85. The number of rotatable bonds is 2. The molecule has 2 amide bonds. The fraction of sp³-hybridized carbons (Fsp3) is 0.429. The molecule has 0 radical (unpaired) electrons. The summed E-state index contributed by atoms with van der Waals surface area (Å²) in [6.07, 6.45) is 2.54. The molecule has 3 rings (SSSR count). The molecule has 0 spiro atoms. The summed E-state index contributed by atoms with van der Waals surface area (Å²) >= 11 is 0. The number of hydrogen-bond donors (Lipinski definition) is 1. The van der Waals surface area contributed by atoms with E-state index < -0.39 is 0 Å². The van der Waals surface area contributed by atoms with Gasteiger partial charge in [-0.1, -0.05) is 32.9 Å². The zero-order chi connectivity index (χ0) is 18.7. The molecule has 1 fully saturated rings. The van der Waals surface area contributed by atoms with E-state index in [1.807, 2.05) is 40.1 Å². The maximum absolute atomic E-state index is 12.8. The van der Waals surface area contributed by atoms with Gasteiger partial charge in [-0.15, -0.1) is 0 Å². The first-order valence-corrected chi connectivity index (χ1v) is 9.19. The largest absolute Gasteiger partial charge is 0.357 e. The van der Waals surface area contributed by atoms with Crippen LogP contribution in [0.5, 0.6) is 0 Å². The predicted molar refractivity (Wildman–Crippen MR) is 102 cm³/mol. The SMILES string of the molecule is CC(C)(C)c1ccc(C(=O)N2CCCN(C(=O)c3ccc[nH]3)CC2)cc1. The van der Waals surface area contributed by atoms with E-state index in [-0.39, 0.29) is 17.2 Å². The van der Waals surface area contributed by atoms with Crippen LogP contribution in [0.25, 0.3) is 0 Å². The third kappa shape index (κ3) is 3.98. The van der Waals surface area contributed by atoms with Crippen molar-refractivity contribution >= 4 is 11.8 Å². The van der Waals surface area contributed by atoms with Gasteiger partial charge in [0.15, 0.2) is 0 Å². The molecule has 0 aliphatic carbocycles. The number of hydrogen-bond acceptors (Lipinski definition) is 2. The number of carbonyl (C=O) groups excluding carboxylic acids is 2. The number of nitrogens with one attached hydrogen (secondary N) is 1. The van der Waals surface area contributed by atoms with Gasteiger partial charge in [0.05, 0.1) is 0 Å². The van der Waals surface area contributed by atoms with Gasteiger partial charge in [0.25, 0.3) is 11.8 Å². The van der Waals surface area contributed by atoms with Gasteiger partial charge < -0.3 is 14.8 Å². The Hall–Kier alpha value is -2.56. The van der Waals surface area contributed by atoms with Crippen LogP contribution in [0.4, 0.5) is 0 Å². The van der Waals surface area contributed by atoms with E-state index in [1.165, 1.54) is 5.56 Å². The van der Waals surface area contributed by atoms with Crippen LogP contribution in [0.1, 0.15) is 53.6 Å². The van der Waals surface area contributed by atoms with Crippen molar-refractivity contribution in [1.29, 1.82) is 0 Å². The normalized spacial score (nSPS) is 15.7. The predicted octanol–water partition coefficient (Wildman–Crippen LogP) is 3.30. The highest BCUT2D eigenvalue weighted by atomic mass is 16.2. The number of amides is 2. The summed E-state index contributed by atoms with van der Waals surface area (Å²) in [6, 6.07) is 11.5. The summed E-state index contributed by atoms with van der Waals surface area (Å²) < 4.78 is 0.